The molecular weight excluding hydrogens is 228 g/mol. The summed E-state index contributed by atoms with van der Waals surface area (Å²) < 4.78 is 5.01. The lowest BCUT2D eigenvalue weighted by molar-refractivity contribution is 0.179. The van der Waals surface area contributed by atoms with Crippen LogP contribution in [0, 0.1) is 6.92 Å². The second-order valence-electron chi connectivity index (χ2n) is 4.32. The van der Waals surface area contributed by atoms with Crippen LogP contribution in [-0.2, 0) is 11.2 Å². The molecule has 1 aromatic heterocycles. The highest BCUT2D eigenvalue weighted by Crippen LogP contribution is 2.05. The van der Waals surface area contributed by atoms with Gasteiger partial charge in [-0.15, -0.1) is 0 Å². The Morgan fingerprint density at radius 3 is 3.06 bits per heavy atom. The molecule has 3 N–H and O–H groups in total. The zero-order valence-corrected chi connectivity index (χ0v) is 11.3. The fourth-order valence-corrected chi connectivity index (χ4v) is 1.67. The number of nitrogens with two attached hydrogens (primary N) is 1. The zero-order valence-electron chi connectivity index (χ0n) is 11.3. The first-order chi connectivity index (χ1) is 8.63. The highest BCUT2D eigenvalue weighted by atomic mass is 16.5. The molecule has 0 aromatic carbocycles. The van der Waals surface area contributed by atoms with Crippen LogP contribution in [0.4, 0.5) is 0 Å². The molecule has 0 amide bonds. The fourth-order valence-electron chi connectivity index (χ4n) is 1.67. The molecule has 1 aromatic rings. The Bertz CT molecular complexity index is 392. The number of guanidine groups is 1. The molecule has 0 aliphatic carbocycles. The molecule has 1 atom stereocenters. The predicted octanol–water partition coefficient (Wildman–Crippen LogP) is 0.872. The van der Waals surface area contributed by atoms with Crippen LogP contribution in [0.1, 0.15) is 18.1 Å². The molecule has 0 saturated heterocycles. The van der Waals surface area contributed by atoms with E-state index >= 15 is 0 Å². The fraction of sp³-hybridized carbons (Fsp3) is 0.538. The largest absolute Gasteiger partial charge is 0.383 e. The molecule has 0 aliphatic rings. The Balaban J connectivity index is 2.38. The number of rotatable bonds is 6. The van der Waals surface area contributed by atoms with Crippen molar-refractivity contribution >= 4 is 5.96 Å². The summed E-state index contributed by atoms with van der Waals surface area (Å²) >= 11 is 0. The van der Waals surface area contributed by atoms with Crippen LogP contribution in [0.2, 0.25) is 0 Å². The lowest BCUT2D eigenvalue weighted by atomic mass is 10.1. The smallest absolute Gasteiger partial charge is 0.188 e. The summed E-state index contributed by atoms with van der Waals surface area (Å²) in [4.78, 5) is 8.35. The van der Waals surface area contributed by atoms with Gasteiger partial charge in [-0.25, -0.2) is 0 Å². The number of aryl methyl sites for hydroxylation is 1. The number of hydrogen-bond donors (Lipinski definition) is 2. The molecule has 1 heterocycles. The average molecular weight is 250 g/mol. The number of pyridine rings is 1. The first-order valence-electron chi connectivity index (χ1n) is 6.08. The molecular formula is C13H22N4O. The van der Waals surface area contributed by atoms with Crippen LogP contribution in [0.25, 0.3) is 0 Å². The number of methoxy groups -OCH3 is 1. The number of nitrogens with zero attached hydrogens (tertiary/aromatic N) is 2. The second kappa shape index (κ2) is 7.66. The number of hydrogen-bond acceptors (Lipinski definition) is 3. The van der Waals surface area contributed by atoms with Crippen molar-refractivity contribution in [1.29, 1.82) is 0 Å². The summed E-state index contributed by atoms with van der Waals surface area (Å²) in [5.41, 5.74) is 8.22. The normalized spacial score (nSPS) is 13.4. The first kappa shape index (κ1) is 14.4. The van der Waals surface area contributed by atoms with Crippen molar-refractivity contribution in [3.63, 3.8) is 0 Å². The Morgan fingerprint density at radius 1 is 1.61 bits per heavy atom. The number of nitrogens with one attached hydrogen (secondary N) is 1. The predicted molar refractivity (Wildman–Crippen MR) is 73.6 cm³/mol. The van der Waals surface area contributed by atoms with Gasteiger partial charge in [-0.2, -0.15) is 0 Å². The van der Waals surface area contributed by atoms with E-state index in [-0.39, 0.29) is 6.04 Å². The first-order valence-corrected chi connectivity index (χ1v) is 6.08. The summed E-state index contributed by atoms with van der Waals surface area (Å²) in [6.07, 6.45) is 4.53. The van der Waals surface area contributed by atoms with Crippen molar-refractivity contribution in [2.24, 2.45) is 10.7 Å². The molecule has 1 unspecified atom stereocenters. The SMILES string of the molecule is COCC(C)NC(N)=NCCc1ccncc1C. The minimum atomic E-state index is 0.168. The third-order valence-corrected chi connectivity index (χ3v) is 2.61. The van der Waals surface area contributed by atoms with Gasteiger partial charge >= 0.3 is 0 Å². The molecule has 5 heteroatoms. The standard InChI is InChI=1S/C13H22N4O/c1-10-8-15-6-4-12(10)5-7-16-13(14)17-11(2)9-18-3/h4,6,8,11H,5,7,9H2,1-3H3,(H3,14,16,17). The lowest BCUT2D eigenvalue weighted by Crippen LogP contribution is -2.40. The van der Waals surface area contributed by atoms with E-state index in [1.807, 2.05) is 26.1 Å². The Hall–Kier alpha value is -1.62. The van der Waals surface area contributed by atoms with Gasteiger partial charge in [0.1, 0.15) is 0 Å². The number of ether oxygens (including phenoxy) is 1. The van der Waals surface area contributed by atoms with Gasteiger partial charge in [0.2, 0.25) is 0 Å². The van der Waals surface area contributed by atoms with Gasteiger partial charge in [-0.1, -0.05) is 0 Å². The van der Waals surface area contributed by atoms with Crippen molar-refractivity contribution in [2.75, 3.05) is 20.3 Å². The van der Waals surface area contributed by atoms with Gasteiger partial charge in [-0.3, -0.25) is 9.98 Å². The summed E-state index contributed by atoms with van der Waals surface area (Å²) in [5, 5.41) is 3.07. The molecule has 0 saturated carbocycles. The molecule has 0 bridgehead atoms. The Labute approximate surface area is 108 Å². The highest BCUT2D eigenvalue weighted by Gasteiger charge is 2.01. The summed E-state index contributed by atoms with van der Waals surface area (Å²) in [6.45, 7) is 5.33. The van der Waals surface area contributed by atoms with E-state index in [0.29, 0.717) is 19.1 Å². The Morgan fingerprint density at radius 2 is 2.39 bits per heavy atom. The zero-order chi connectivity index (χ0) is 13.4. The van der Waals surface area contributed by atoms with Gasteiger partial charge in [0, 0.05) is 32.1 Å². The topological polar surface area (TPSA) is 72.5 Å². The third kappa shape index (κ3) is 5.14. The van der Waals surface area contributed by atoms with Crippen LogP contribution in [0.15, 0.2) is 23.5 Å². The van der Waals surface area contributed by atoms with E-state index in [0.717, 1.165) is 6.42 Å². The number of aromatic nitrogens is 1. The van der Waals surface area contributed by atoms with Crippen LogP contribution in [0.5, 0.6) is 0 Å². The highest BCUT2D eigenvalue weighted by molar-refractivity contribution is 5.78. The van der Waals surface area contributed by atoms with E-state index in [2.05, 4.69) is 15.3 Å². The molecule has 1 rings (SSSR count). The van der Waals surface area contributed by atoms with Crippen molar-refractivity contribution in [3.8, 4) is 0 Å². The van der Waals surface area contributed by atoms with E-state index < -0.39 is 0 Å². The van der Waals surface area contributed by atoms with Crippen LogP contribution < -0.4 is 11.1 Å². The van der Waals surface area contributed by atoms with E-state index in [9.17, 15) is 0 Å². The van der Waals surface area contributed by atoms with Crippen molar-refractivity contribution in [3.05, 3.63) is 29.6 Å². The van der Waals surface area contributed by atoms with Crippen molar-refractivity contribution in [2.45, 2.75) is 26.3 Å². The lowest BCUT2D eigenvalue weighted by Gasteiger charge is -2.13. The molecule has 5 nitrogen and oxygen atoms in total. The maximum atomic E-state index is 5.78. The molecule has 0 aliphatic heterocycles. The summed E-state index contributed by atoms with van der Waals surface area (Å²) in [5.74, 6) is 0.464. The Kier molecular flexibility index (Phi) is 6.14. The molecule has 0 radical (unpaired) electrons. The van der Waals surface area contributed by atoms with Gasteiger partial charge in [-0.05, 0) is 37.5 Å². The van der Waals surface area contributed by atoms with Crippen molar-refractivity contribution in [1.82, 2.24) is 10.3 Å². The van der Waals surface area contributed by atoms with Crippen molar-refractivity contribution < 1.29 is 4.74 Å². The van der Waals surface area contributed by atoms with Gasteiger partial charge in [0.05, 0.1) is 6.61 Å². The molecule has 100 valence electrons. The van der Waals surface area contributed by atoms with Gasteiger partial charge in [0.25, 0.3) is 0 Å². The van der Waals surface area contributed by atoms with E-state index in [4.69, 9.17) is 10.5 Å². The monoisotopic (exact) mass is 250 g/mol. The molecule has 18 heavy (non-hydrogen) atoms. The maximum absolute atomic E-state index is 5.78. The van der Waals surface area contributed by atoms with Gasteiger partial charge < -0.3 is 15.8 Å². The maximum Gasteiger partial charge on any atom is 0.188 e. The molecule has 0 fully saturated rings. The minimum Gasteiger partial charge on any atom is -0.383 e. The van der Waals surface area contributed by atoms with Crippen LogP contribution in [-0.4, -0.2) is 37.2 Å². The summed E-state index contributed by atoms with van der Waals surface area (Å²) in [7, 11) is 1.66. The second-order valence-corrected chi connectivity index (χ2v) is 4.32. The number of aliphatic imine (C=N–C) groups is 1. The van der Waals surface area contributed by atoms with E-state index in [1.165, 1.54) is 11.1 Å². The third-order valence-electron chi connectivity index (χ3n) is 2.61. The average Bonchev–Trinajstić information content (AvgIpc) is 2.31. The quantitative estimate of drug-likeness (QED) is 0.580. The van der Waals surface area contributed by atoms with Crippen LogP contribution in [0.3, 0.4) is 0 Å². The minimum absolute atomic E-state index is 0.168. The summed E-state index contributed by atoms with van der Waals surface area (Å²) in [6, 6.07) is 2.18. The molecule has 0 spiro atoms. The van der Waals surface area contributed by atoms with E-state index in [1.54, 1.807) is 13.3 Å². The van der Waals surface area contributed by atoms with Crippen LogP contribution >= 0.6 is 0 Å². The van der Waals surface area contributed by atoms with Gasteiger partial charge in [0.15, 0.2) is 5.96 Å².